The maximum absolute atomic E-state index is 5.14. The first-order chi connectivity index (χ1) is 7.77. The molecular formula is C12H21N3O. The molecule has 2 heterocycles. The lowest BCUT2D eigenvalue weighted by Crippen LogP contribution is -2.33. The van der Waals surface area contributed by atoms with E-state index in [-0.39, 0.29) is 0 Å². The Labute approximate surface area is 96.8 Å². The third-order valence-electron chi connectivity index (χ3n) is 3.37. The third kappa shape index (κ3) is 2.83. The second kappa shape index (κ2) is 5.46. The van der Waals surface area contributed by atoms with Crippen molar-refractivity contribution in [3.63, 3.8) is 0 Å². The Kier molecular flexibility index (Phi) is 3.96. The molecule has 4 nitrogen and oxygen atoms in total. The number of piperidine rings is 1. The lowest BCUT2D eigenvalue weighted by molar-refractivity contribution is 0.355. The van der Waals surface area contributed by atoms with Gasteiger partial charge in [-0.2, -0.15) is 0 Å². The number of rotatable bonds is 4. The monoisotopic (exact) mass is 223 g/mol. The molecule has 4 heteroatoms. The zero-order valence-electron chi connectivity index (χ0n) is 10.2. The molecule has 1 saturated heterocycles. The number of hydrogen-bond acceptors (Lipinski definition) is 4. The molecule has 1 aliphatic rings. The van der Waals surface area contributed by atoms with Crippen LogP contribution in [0.5, 0.6) is 0 Å². The van der Waals surface area contributed by atoms with E-state index in [0.717, 1.165) is 43.6 Å². The summed E-state index contributed by atoms with van der Waals surface area (Å²) in [4.78, 5) is 0. The van der Waals surface area contributed by atoms with Crippen LogP contribution >= 0.6 is 0 Å². The molecule has 0 unspecified atom stereocenters. The average molecular weight is 223 g/mol. The van der Waals surface area contributed by atoms with Crippen LogP contribution in [0.3, 0.4) is 0 Å². The van der Waals surface area contributed by atoms with Crippen molar-refractivity contribution in [1.29, 1.82) is 0 Å². The van der Waals surface area contributed by atoms with Gasteiger partial charge in [-0.25, -0.2) is 0 Å². The van der Waals surface area contributed by atoms with Gasteiger partial charge in [-0.15, -0.1) is 0 Å². The fraction of sp³-hybridized carbons (Fsp3) is 0.750. The molecule has 0 aromatic carbocycles. The van der Waals surface area contributed by atoms with Crippen molar-refractivity contribution in [1.82, 2.24) is 15.8 Å². The van der Waals surface area contributed by atoms with E-state index in [4.69, 9.17) is 4.52 Å². The second-order valence-corrected chi connectivity index (χ2v) is 4.63. The summed E-state index contributed by atoms with van der Waals surface area (Å²) in [5, 5.41) is 10.9. The van der Waals surface area contributed by atoms with Gasteiger partial charge in [0.25, 0.3) is 0 Å². The predicted octanol–water partition coefficient (Wildman–Crippen LogP) is 1.38. The molecule has 1 fully saturated rings. The van der Waals surface area contributed by atoms with Gasteiger partial charge >= 0.3 is 0 Å². The molecule has 0 aliphatic carbocycles. The molecule has 2 N–H and O–H groups in total. The van der Waals surface area contributed by atoms with E-state index >= 15 is 0 Å². The number of nitrogens with one attached hydrogen (secondary N) is 2. The fourth-order valence-corrected chi connectivity index (χ4v) is 2.24. The van der Waals surface area contributed by atoms with Crippen LogP contribution in [-0.4, -0.2) is 24.8 Å². The maximum atomic E-state index is 5.14. The first kappa shape index (κ1) is 11.6. The van der Waals surface area contributed by atoms with Crippen LogP contribution in [0.2, 0.25) is 0 Å². The Morgan fingerprint density at radius 1 is 1.38 bits per heavy atom. The van der Waals surface area contributed by atoms with Gasteiger partial charge in [0.15, 0.2) is 0 Å². The molecule has 0 bridgehead atoms. The highest BCUT2D eigenvalue weighted by atomic mass is 16.5. The van der Waals surface area contributed by atoms with Gasteiger partial charge in [0.2, 0.25) is 0 Å². The quantitative estimate of drug-likeness (QED) is 0.809. The minimum Gasteiger partial charge on any atom is -0.361 e. The molecule has 1 aromatic heterocycles. The topological polar surface area (TPSA) is 50.1 Å². The summed E-state index contributed by atoms with van der Waals surface area (Å²) in [5.41, 5.74) is 2.23. The summed E-state index contributed by atoms with van der Waals surface area (Å²) in [6.45, 7) is 8.28. The van der Waals surface area contributed by atoms with Crippen molar-refractivity contribution in [3.05, 3.63) is 17.0 Å². The summed E-state index contributed by atoms with van der Waals surface area (Å²) >= 11 is 0. The lowest BCUT2D eigenvalue weighted by Gasteiger charge is -2.22. The minimum absolute atomic E-state index is 0.821. The molecule has 1 aliphatic heterocycles. The lowest BCUT2D eigenvalue weighted by atomic mass is 9.98. The Morgan fingerprint density at radius 2 is 2.12 bits per heavy atom. The summed E-state index contributed by atoms with van der Waals surface area (Å²) in [6.07, 6.45) is 2.57. The molecule has 1 aromatic rings. The summed E-state index contributed by atoms with van der Waals surface area (Å²) in [6, 6.07) is 0. The van der Waals surface area contributed by atoms with Gasteiger partial charge in [0.1, 0.15) is 5.76 Å². The molecular weight excluding hydrogens is 202 g/mol. The van der Waals surface area contributed by atoms with Crippen LogP contribution in [0.25, 0.3) is 0 Å². The predicted molar refractivity (Wildman–Crippen MR) is 63.3 cm³/mol. The van der Waals surface area contributed by atoms with E-state index < -0.39 is 0 Å². The third-order valence-corrected chi connectivity index (χ3v) is 3.37. The zero-order chi connectivity index (χ0) is 11.4. The van der Waals surface area contributed by atoms with Gasteiger partial charge in [0, 0.05) is 12.1 Å². The van der Waals surface area contributed by atoms with Gasteiger partial charge in [0.05, 0.1) is 5.69 Å². The second-order valence-electron chi connectivity index (χ2n) is 4.63. The van der Waals surface area contributed by atoms with E-state index in [1.807, 2.05) is 13.8 Å². The normalized spacial score (nSPS) is 17.9. The Hall–Kier alpha value is -0.870. The summed E-state index contributed by atoms with van der Waals surface area (Å²) < 4.78 is 5.14. The molecule has 0 amide bonds. The molecule has 2 rings (SSSR count). The van der Waals surface area contributed by atoms with Crippen LogP contribution in [-0.2, 0) is 6.54 Å². The Balaban J connectivity index is 1.75. The van der Waals surface area contributed by atoms with E-state index in [1.54, 1.807) is 0 Å². The number of hydrogen-bond donors (Lipinski definition) is 2. The largest absolute Gasteiger partial charge is 0.361 e. The average Bonchev–Trinajstić information content (AvgIpc) is 2.62. The first-order valence-electron chi connectivity index (χ1n) is 6.10. The van der Waals surface area contributed by atoms with Crippen LogP contribution in [0.1, 0.15) is 29.9 Å². The molecule has 16 heavy (non-hydrogen) atoms. The standard InChI is InChI=1S/C12H21N3O/c1-9-12(10(2)16-15-9)8-14-7-11-3-5-13-6-4-11/h11,13-14H,3-8H2,1-2H3. The van der Waals surface area contributed by atoms with Crippen molar-refractivity contribution in [2.45, 2.75) is 33.2 Å². The van der Waals surface area contributed by atoms with Gasteiger partial charge < -0.3 is 15.2 Å². The van der Waals surface area contributed by atoms with Crippen molar-refractivity contribution < 1.29 is 4.52 Å². The minimum atomic E-state index is 0.821. The van der Waals surface area contributed by atoms with E-state index in [2.05, 4.69) is 15.8 Å². The molecule has 0 saturated carbocycles. The van der Waals surface area contributed by atoms with Crippen molar-refractivity contribution in [3.8, 4) is 0 Å². The number of aromatic nitrogens is 1. The number of nitrogens with zero attached hydrogens (tertiary/aromatic N) is 1. The fourth-order valence-electron chi connectivity index (χ4n) is 2.24. The van der Waals surface area contributed by atoms with Crippen molar-refractivity contribution in [2.75, 3.05) is 19.6 Å². The number of aryl methyl sites for hydroxylation is 2. The Bertz CT molecular complexity index is 310. The molecule has 0 atom stereocenters. The summed E-state index contributed by atoms with van der Waals surface area (Å²) in [5.74, 6) is 1.76. The highest BCUT2D eigenvalue weighted by Crippen LogP contribution is 2.13. The molecule has 0 radical (unpaired) electrons. The van der Waals surface area contributed by atoms with E-state index in [1.165, 1.54) is 18.4 Å². The highest BCUT2D eigenvalue weighted by Gasteiger charge is 2.13. The van der Waals surface area contributed by atoms with Crippen molar-refractivity contribution >= 4 is 0 Å². The van der Waals surface area contributed by atoms with Crippen LogP contribution in [0.4, 0.5) is 0 Å². The zero-order valence-corrected chi connectivity index (χ0v) is 10.2. The highest BCUT2D eigenvalue weighted by molar-refractivity contribution is 5.20. The van der Waals surface area contributed by atoms with Crippen LogP contribution in [0.15, 0.2) is 4.52 Å². The van der Waals surface area contributed by atoms with E-state index in [9.17, 15) is 0 Å². The van der Waals surface area contributed by atoms with Crippen LogP contribution in [0, 0.1) is 19.8 Å². The van der Waals surface area contributed by atoms with Gasteiger partial charge in [-0.05, 0) is 52.2 Å². The van der Waals surface area contributed by atoms with Crippen LogP contribution < -0.4 is 10.6 Å². The summed E-state index contributed by atoms with van der Waals surface area (Å²) in [7, 11) is 0. The first-order valence-corrected chi connectivity index (χ1v) is 6.10. The van der Waals surface area contributed by atoms with E-state index in [0.29, 0.717) is 0 Å². The molecule has 90 valence electrons. The SMILES string of the molecule is Cc1noc(C)c1CNCC1CCNCC1. The van der Waals surface area contributed by atoms with Crippen molar-refractivity contribution in [2.24, 2.45) is 5.92 Å². The smallest absolute Gasteiger partial charge is 0.138 e. The van der Waals surface area contributed by atoms with Gasteiger partial charge in [-0.1, -0.05) is 5.16 Å². The Morgan fingerprint density at radius 3 is 2.75 bits per heavy atom. The van der Waals surface area contributed by atoms with Gasteiger partial charge in [-0.3, -0.25) is 0 Å². The molecule has 0 spiro atoms. The maximum Gasteiger partial charge on any atom is 0.138 e.